The highest BCUT2D eigenvalue weighted by Crippen LogP contribution is 2.27. The smallest absolute Gasteiger partial charge is 0.408 e. The minimum absolute atomic E-state index is 0.232. The van der Waals surface area contributed by atoms with Crippen LogP contribution in [0.25, 0.3) is 6.08 Å². The number of carbonyl (C=O) groups is 2. The van der Waals surface area contributed by atoms with Crippen molar-refractivity contribution in [2.75, 3.05) is 6.61 Å². The minimum atomic E-state index is -1.15. The lowest BCUT2D eigenvalue weighted by Crippen LogP contribution is -2.16. The number of nitrogens with one attached hydrogen (secondary N) is 1. The molecule has 0 saturated carbocycles. The summed E-state index contributed by atoms with van der Waals surface area (Å²) in [5.74, 6) is -0.279. The molecule has 0 aliphatic rings. The fourth-order valence-corrected chi connectivity index (χ4v) is 3.27. The molecule has 0 spiro atoms. The maximum atomic E-state index is 12.9. The molecular weight excluding hydrogens is 438 g/mol. The Morgan fingerprint density at radius 3 is 2.62 bits per heavy atom. The number of allylic oxidation sites excluding steroid dienone is 2. The number of hydrogen-bond acceptors (Lipinski definition) is 6. The Labute approximate surface area is 198 Å². The zero-order chi connectivity index (χ0) is 25.3. The van der Waals surface area contributed by atoms with Gasteiger partial charge in [0.15, 0.2) is 5.78 Å². The molecule has 1 heterocycles. The van der Waals surface area contributed by atoms with Gasteiger partial charge in [-0.05, 0) is 68.0 Å². The topological polar surface area (TPSA) is 126 Å². The monoisotopic (exact) mass is 469 g/mol. The van der Waals surface area contributed by atoms with Gasteiger partial charge < -0.3 is 19.4 Å². The van der Waals surface area contributed by atoms with Crippen LogP contribution in [0.2, 0.25) is 0 Å². The Morgan fingerprint density at radius 1 is 1.26 bits per heavy atom. The molecule has 0 bridgehead atoms. The maximum Gasteiger partial charge on any atom is 0.408 e. The first-order valence-corrected chi connectivity index (χ1v) is 11.1. The number of hydrogen-bond donors (Lipinski definition) is 3. The SMILES string of the molecule is CCCOc1ccc(/C=C(\C)C(=O)c2c(O)cc(C(C)CC/C=C/NC(=O)O)oc2=O)c(C)c1. The van der Waals surface area contributed by atoms with Gasteiger partial charge >= 0.3 is 11.7 Å². The summed E-state index contributed by atoms with van der Waals surface area (Å²) < 4.78 is 10.9. The highest BCUT2D eigenvalue weighted by atomic mass is 16.5. The van der Waals surface area contributed by atoms with Gasteiger partial charge in [0, 0.05) is 18.2 Å². The number of carbonyl (C=O) groups excluding carboxylic acids is 1. The van der Waals surface area contributed by atoms with Crippen LogP contribution in [0.3, 0.4) is 0 Å². The molecule has 34 heavy (non-hydrogen) atoms. The summed E-state index contributed by atoms with van der Waals surface area (Å²) in [6.45, 7) is 7.93. The van der Waals surface area contributed by atoms with Gasteiger partial charge in [-0.3, -0.25) is 10.1 Å². The van der Waals surface area contributed by atoms with Crippen LogP contribution in [0.4, 0.5) is 4.79 Å². The lowest BCUT2D eigenvalue weighted by Gasteiger charge is -2.11. The van der Waals surface area contributed by atoms with Crippen molar-refractivity contribution in [2.45, 2.75) is 52.9 Å². The van der Waals surface area contributed by atoms with Crippen molar-refractivity contribution < 1.29 is 29.0 Å². The zero-order valence-corrected chi connectivity index (χ0v) is 19.9. The molecule has 2 rings (SSSR count). The van der Waals surface area contributed by atoms with Gasteiger partial charge in [-0.2, -0.15) is 0 Å². The van der Waals surface area contributed by atoms with E-state index in [1.165, 1.54) is 12.3 Å². The summed E-state index contributed by atoms with van der Waals surface area (Å²) in [7, 11) is 0. The minimum Gasteiger partial charge on any atom is -0.507 e. The van der Waals surface area contributed by atoms with E-state index in [1.807, 2.05) is 32.0 Å². The zero-order valence-electron chi connectivity index (χ0n) is 19.9. The number of aryl methyl sites for hydroxylation is 1. The number of benzene rings is 1. The van der Waals surface area contributed by atoms with E-state index in [9.17, 15) is 19.5 Å². The van der Waals surface area contributed by atoms with Crippen LogP contribution in [0.15, 0.2) is 51.3 Å². The molecule has 0 aliphatic carbocycles. The molecular formula is C26H31NO7. The molecule has 0 aliphatic heterocycles. The van der Waals surface area contributed by atoms with Gasteiger partial charge in [-0.25, -0.2) is 9.59 Å². The second-order valence-electron chi connectivity index (χ2n) is 8.05. The fourth-order valence-electron chi connectivity index (χ4n) is 3.27. The quantitative estimate of drug-likeness (QED) is 0.297. The van der Waals surface area contributed by atoms with E-state index >= 15 is 0 Å². The number of ketones is 1. The van der Waals surface area contributed by atoms with E-state index in [4.69, 9.17) is 14.3 Å². The molecule has 1 aromatic heterocycles. The summed E-state index contributed by atoms with van der Waals surface area (Å²) in [4.78, 5) is 35.9. The summed E-state index contributed by atoms with van der Waals surface area (Å²) in [6, 6.07) is 6.83. The van der Waals surface area contributed by atoms with E-state index in [1.54, 1.807) is 26.0 Å². The van der Waals surface area contributed by atoms with Gasteiger partial charge in [-0.15, -0.1) is 0 Å². The number of carboxylic acid groups (broad SMARTS) is 1. The highest BCUT2D eigenvalue weighted by molar-refractivity contribution is 6.12. The van der Waals surface area contributed by atoms with Gasteiger partial charge in [0.25, 0.3) is 0 Å². The van der Waals surface area contributed by atoms with Crippen molar-refractivity contribution >= 4 is 18.0 Å². The molecule has 1 unspecified atom stereocenters. The molecule has 1 aromatic carbocycles. The molecule has 3 N–H and O–H groups in total. The average Bonchev–Trinajstić information content (AvgIpc) is 2.78. The molecule has 0 radical (unpaired) electrons. The number of amides is 1. The Kier molecular flexibility index (Phi) is 9.67. The van der Waals surface area contributed by atoms with Gasteiger partial charge in [0.05, 0.1) is 6.61 Å². The third-order valence-corrected chi connectivity index (χ3v) is 5.20. The van der Waals surface area contributed by atoms with Gasteiger partial charge in [0.2, 0.25) is 0 Å². The van der Waals surface area contributed by atoms with Crippen LogP contribution in [-0.4, -0.2) is 28.7 Å². The molecule has 0 saturated heterocycles. The van der Waals surface area contributed by atoms with Crippen LogP contribution in [0.5, 0.6) is 11.5 Å². The van der Waals surface area contributed by atoms with Gasteiger partial charge in [0.1, 0.15) is 22.8 Å². The van der Waals surface area contributed by atoms with Crippen molar-refractivity contribution in [3.05, 3.63) is 75.0 Å². The van der Waals surface area contributed by atoms with E-state index in [0.29, 0.717) is 19.4 Å². The first kappa shape index (κ1) is 26.4. The predicted molar refractivity (Wildman–Crippen MR) is 130 cm³/mol. The largest absolute Gasteiger partial charge is 0.507 e. The first-order chi connectivity index (χ1) is 16.1. The van der Waals surface area contributed by atoms with Crippen LogP contribution in [0, 0.1) is 6.92 Å². The summed E-state index contributed by atoms with van der Waals surface area (Å²) >= 11 is 0. The van der Waals surface area contributed by atoms with E-state index in [0.717, 1.165) is 23.3 Å². The van der Waals surface area contributed by atoms with E-state index in [-0.39, 0.29) is 17.3 Å². The Morgan fingerprint density at radius 2 is 2.00 bits per heavy atom. The second-order valence-corrected chi connectivity index (χ2v) is 8.05. The molecule has 1 atom stereocenters. The summed E-state index contributed by atoms with van der Waals surface area (Å²) in [6.07, 6.45) is 5.43. The lowest BCUT2D eigenvalue weighted by molar-refractivity contribution is 0.102. The van der Waals surface area contributed by atoms with Crippen molar-refractivity contribution in [1.82, 2.24) is 5.32 Å². The van der Waals surface area contributed by atoms with E-state index in [2.05, 4.69) is 5.32 Å². The maximum absolute atomic E-state index is 12.9. The molecule has 8 nitrogen and oxygen atoms in total. The van der Waals surface area contributed by atoms with Crippen molar-refractivity contribution in [3.63, 3.8) is 0 Å². The van der Waals surface area contributed by atoms with Crippen LogP contribution >= 0.6 is 0 Å². The normalized spacial score (nSPS) is 12.5. The van der Waals surface area contributed by atoms with Gasteiger partial charge in [-0.1, -0.05) is 26.0 Å². The number of Topliss-reactive ketones (excluding diaryl/α,β-unsaturated/α-hetero) is 1. The third kappa shape index (κ3) is 7.37. The Bertz CT molecular complexity index is 1140. The van der Waals surface area contributed by atoms with Crippen molar-refractivity contribution in [3.8, 4) is 11.5 Å². The number of rotatable bonds is 11. The van der Waals surface area contributed by atoms with Crippen molar-refractivity contribution in [1.29, 1.82) is 0 Å². The van der Waals surface area contributed by atoms with Crippen molar-refractivity contribution in [2.24, 2.45) is 0 Å². The standard InChI is InChI=1S/C26H31NO7/c1-5-12-33-20-10-9-19(17(3)14-20)13-18(4)24(29)23-21(28)15-22(34-25(23)30)16(2)8-6-7-11-27-26(31)32/h7,9-11,13-16,27-28H,5-6,8,12H2,1-4H3,(H,31,32)/b11-7+,18-13+. The first-order valence-electron chi connectivity index (χ1n) is 11.1. The lowest BCUT2D eigenvalue weighted by atomic mass is 9.98. The van der Waals surface area contributed by atoms with E-state index < -0.39 is 28.8 Å². The average molecular weight is 470 g/mol. The fraction of sp³-hybridized carbons (Fsp3) is 0.346. The predicted octanol–water partition coefficient (Wildman–Crippen LogP) is 5.39. The van der Waals surface area contributed by atoms with Crippen LogP contribution in [0.1, 0.15) is 73.2 Å². The van der Waals surface area contributed by atoms with Crippen LogP contribution < -0.4 is 15.7 Å². The summed E-state index contributed by atoms with van der Waals surface area (Å²) in [5, 5.41) is 21.1. The molecule has 8 heteroatoms. The number of ether oxygens (including phenoxy) is 1. The molecule has 0 fully saturated rings. The van der Waals surface area contributed by atoms with Crippen LogP contribution in [-0.2, 0) is 0 Å². The molecule has 1 amide bonds. The highest BCUT2D eigenvalue weighted by Gasteiger charge is 2.22. The third-order valence-electron chi connectivity index (χ3n) is 5.20. The Hall–Kier alpha value is -3.81. The molecule has 182 valence electrons. The summed E-state index contributed by atoms with van der Waals surface area (Å²) in [5.41, 5.74) is 0.686. The molecule has 2 aromatic rings. The number of aromatic hydroxyl groups is 1. The Balaban J connectivity index is 2.17. The second kappa shape index (κ2) is 12.4.